The highest BCUT2D eigenvalue weighted by Gasteiger charge is 2.18. The van der Waals surface area contributed by atoms with Crippen LogP contribution in [-0.4, -0.2) is 23.2 Å². The first kappa shape index (κ1) is 13.8. The van der Waals surface area contributed by atoms with Gasteiger partial charge in [-0.25, -0.2) is 4.98 Å². The van der Waals surface area contributed by atoms with E-state index in [0.717, 1.165) is 11.8 Å². The molecule has 1 heterocycles. The number of pyridine rings is 1. The Morgan fingerprint density at radius 1 is 1.71 bits per heavy atom. The van der Waals surface area contributed by atoms with Crippen LogP contribution in [0.3, 0.4) is 0 Å². The van der Waals surface area contributed by atoms with E-state index < -0.39 is 4.92 Å². The molecule has 0 aromatic carbocycles. The summed E-state index contributed by atoms with van der Waals surface area (Å²) in [6.07, 6.45) is 4.47. The van der Waals surface area contributed by atoms with Crippen molar-refractivity contribution in [2.45, 2.75) is 5.25 Å². The van der Waals surface area contributed by atoms with Gasteiger partial charge in [0.25, 0.3) is 6.20 Å². The fraction of sp³-hybridized carbons (Fsp3) is 0.300. The number of halogens is 1. The molecule has 0 spiro atoms. The molecule has 5 nitrogen and oxygen atoms in total. The van der Waals surface area contributed by atoms with E-state index in [-0.39, 0.29) is 5.25 Å². The Kier molecular flexibility index (Phi) is 5.24. The third-order valence-electron chi connectivity index (χ3n) is 2.10. The lowest BCUT2D eigenvalue weighted by Gasteiger charge is -2.16. The van der Waals surface area contributed by atoms with Crippen molar-refractivity contribution in [1.82, 2.24) is 10.3 Å². The number of rotatable bonds is 5. The van der Waals surface area contributed by atoms with E-state index in [0.29, 0.717) is 10.9 Å². The molecule has 17 heavy (non-hydrogen) atoms. The number of nitrogens with zero attached hydrogens (tertiary/aromatic N) is 2. The van der Waals surface area contributed by atoms with Crippen molar-refractivity contribution in [1.29, 1.82) is 0 Å². The first-order chi connectivity index (χ1) is 8.08. The zero-order chi connectivity index (χ0) is 12.8. The maximum atomic E-state index is 10.5. The van der Waals surface area contributed by atoms with E-state index in [1.807, 2.05) is 12.3 Å². The number of hydrogen-bond acceptors (Lipinski definition) is 5. The van der Waals surface area contributed by atoms with Gasteiger partial charge in [0.05, 0.1) is 15.9 Å². The number of likely N-dealkylation sites (N-methyl/N-ethyl adjacent to an activating group) is 1. The molecule has 7 heteroatoms. The van der Waals surface area contributed by atoms with Gasteiger partial charge in [-0.2, -0.15) is 11.8 Å². The molecule has 0 amide bonds. The van der Waals surface area contributed by atoms with E-state index in [9.17, 15) is 10.1 Å². The van der Waals surface area contributed by atoms with Crippen molar-refractivity contribution < 1.29 is 4.92 Å². The second-order valence-corrected chi connectivity index (χ2v) is 4.48. The molecule has 0 bridgehead atoms. The monoisotopic (exact) mass is 273 g/mol. The van der Waals surface area contributed by atoms with Gasteiger partial charge >= 0.3 is 0 Å². The Bertz CT molecular complexity index is 422. The maximum Gasteiger partial charge on any atom is 0.254 e. The predicted molar refractivity (Wildman–Crippen MR) is 69.6 cm³/mol. The zero-order valence-corrected chi connectivity index (χ0v) is 11.0. The van der Waals surface area contributed by atoms with Crippen LogP contribution in [0.15, 0.2) is 30.2 Å². The van der Waals surface area contributed by atoms with Gasteiger partial charge in [-0.1, -0.05) is 17.7 Å². The number of thioether (sulfide) groups is 1. The summed E-state index contributed by atoms with van der Waals surface area (Å²) < 4.78 is 0. The number of hydrogen-bond donors (Lipinski definition) is 1. The van der Waals surface area contributed by atoms with Crippen LogP contribution in [0, 0.1) is 10.1 Å². The van der Waals surface area contributed by atoms with Gasteiger partial charge in [-0.05, 0) is 17.9 Å². The Balaban J connectivity index is 3.05. The predicted octanol–water partition coefficient (Wildman–Crippen LogP) is 2.48. The lowest BCUT2D eigenvalue weighted by Crippen LogP contribution is -2.14. The average molecular weight is 274 g/mol. The Morgan fingerprint density at radius 3 is 2.82 bits per heavy atom. The lowest BCUT2D eigenvalue weighted by atomic mass is 10.1. The van der Waals surface area contributed by atoms with Gasteiger partial charge in [0.2, 0.25) is 0 Å². The van der Waals surface area contributed by atoms with Crippen LogP contribution >= 0.6 is 23.4 Å². The molecule has 0 aliphatic heterocycles. The summed E-state index contributed by atoms with van der Waals surface area (Å²) in [5, 5.41) is 13.6. The van der Waals surface area contributed by atoms with Crippen LogP contribution in [0.1, 0.15) is 10.8 Å². The van der Waals surface area contributed by atoms with Crippen LogP contribution in [-0.2, 0) is 0 Å². The van der Waals surface area contributed by atoms with Gasteiger partial charge in [-0.15, -0.1) is 0 Å². The summed E-state index contributed by atoms with van der Waals surface area (Å²) in [5.74, 6) is 0. The van der Waals surface area contributed by atoms with Crippen LogP contribution in [0.25, 0.3) is 0 Å². The molecule has 1 N–H and O–H groups in total. The molecule has 0 fully saturated rings. The molecule has 0 saturated heterocycles. The fourth-order valence-corrected chi connectivity index (χ4v) is 2.32. The molecule has 1 atom stereocenters. The summed E-state index contributed by atoms with van der Waals surface area (Å²) >= 11 is 7.19. The van der Waals surface area contributed by atoms with Crippen molar-refractivity contribution >= 4 is 23.4 Å². The SMILES string of the molecule is CN/C(=C/[N+](=O)[O-])C(SC)c1ccc(Cl)nc1. The molecule has 0 saturated carbocycles. The third-order valence-corrected chi connectivity index (χ3v) is 3.33. The summed E-state index contributed by atoms with van der Waals surface area (Å²) in [6, 6.07) is 3.47. The van der Waals surface area contributed by atoms with Gasteiger partial charge in [0.15, 0.2) is 0 Å². The molecule has 1 aromatic heterocycles. The summed E-state index contributed by atoms with van der Waals surface area (Å²) in [4.78, 5) is 14.0. The highest BCUT2D eigenvalue weighted by Crippen LogP contribution is 2.32. The van der Waals surface area contributed by atoms with Crippen molar-refractivity contribution in [3.05, 3.63) is 51.1 Å². The second-order valence-electron chi connectivity index (χ2n) is 3.15. The molecule has 1 rings (SSSR count). The van der Waals surface area contributed by atoms with Crippen molar-refractivity contribution in [3.8, 4) is 0 Å². The number of nitro groups is 1. The first-order valence-electron chi connectivity index (χ1n) is 4.75. The van der Waals surface area contributed by atoms with E-state index in [2.05, 4.69) is 10.3 Å². The molecule has 0 radical (unpaired) electrons. The Morgan fingerprint density at radius 2 is 2.41 bits per heavy atom. The van der Waals surface area contributed by atoms with E-state index in [4.69, 9.17) is 11.6 Å². The second kappa shape index (κ2) is 6.46. The molecule has 1 aromatic rings. The molecule has 0 aliphatic carbocycles. The Labute approximate surface area is 108 Å². The number of nitrogens with one attached hydrogen (secondary N) is 1. The zero-order valence-electron chi connectivity index (χ0n) is 9.38. The minimum absolute atomic E-state index is 0.157. The largest absolute Gasteiger partial charge is 0.385 e. The van der Waals surface area contributed by atoms with E-state index >= 15 is 0 Å². The fourth-order valence-electron chi connectivity index (χ4n) is 1.36. The van der Waals surface area contributed by atoms with E-state index in [1.165, 1.54) is 11.8 Å². The van der Waals surface area contributed by atoms with Crippen molar-refractivity contribution in [2.24, 2.45) is 0 Å². The van der Waals surface area contributed by atoms with Crippen LogP contribution in [0.5, 0.6) is 0 Å². The maximum absolute atomic E-state index is 10.5. The minimum Gasteiger partial charge on any atom is -0.385 e. The van der Waals surface area contributed by atoms with Gasteiger partial charge in [0, 0.05) is 13.2 Å². The normalized spacial score (nSPS) is 13.2. The topological polar surface area (TPSA) is 68.1 Å². The smallest absolute Gasteiger partial charge is 0.254 e. The summed E-state index contributed by atoms with van der Waals surface area (Å²) in [5.41, 5.74) is 1.39. The summed E-state index contributed by atoms with van der Waals surface area (Å²) in [7, 11) is 1.65. The standard InChI is InChI=1S/C10H12ClN3O2S/c1-12-8(6-14(15)16)10(17-2)7-3-4-9(11)13-5-7/h3-6,10,12H,1-2H3/b8-6+. The van der Waals surface area contributed by atoms with Gasteiger partial charge < -0.3 is 5.32 Å². The lowest BCUT2D eigenvalue weighted by molar-refractivity contribution is -0.403. The Hall–Kier alpha value is -1.27. The molecule has 1 unspecified atom stereocenters. The highest BCUT2D eigenvalue weighted by molar-refractivity contribution is 7.99. The molecular weight excluding hydrogens is 262 g/mol. The molecule has 0 aliphatic rings. The van der Waals surface area contributed by atoms with E-state index in [1.54, 1.807) is 19.3 Å². The van der Waals surface area contributed by atoms with Crippen molar-refractivity contribution in [2.75, 3.05) is 13.3 Å². The van der Waals surface area contributed by atoms with Crippen LogP contribution in [0.4, 0.5) is 0 Å². The van der Waals surface area contributed by atoms with Gasteiger partial charge in [0.1, 0.15) is 5.15 Å². The number of aromatic nitrogens is 1. The summed E-state index contributed by atoms with van der Waals surface area (Å²) in [6.45, 7) is 0. The molecule has 92 valence electrons. The van der Waals surface area contributed by atoms with Crippen molar-refractivity contribution in [3.63, 3.8) is 0 Å². The minimum atomic E-state index is -0.474. The van der Waals surface area contributed by atoms with Crippen LogP contribution in [0.2, 0.25) is 5.15 Å². The van der Waals surface area contributed by atoms with Crippen LogP contribution < -0.4 is 5.32 Å². The average Bonchev–Trinajstić information content (AvgIpc) is 2.30. The quantitative estimate of drug-likeness (QED) is 0.507. The highest BCUT2D eigenvalue weighted by atomic mass is 35.5. The third kappa shape index (κ3) is 3.90. The molecular formula is C10H12ClN3O2S. The van der Waals surface area contributed by atoms with Gasteiger partial charge in [-0.3, -0.25) is 10.1 Å². The first-order valence-corrected chi connectivity index (χ1v) is 6.42.